The molecule has 1 heterocycles. The molecular weight excluding hydrogens is 386 g/mol. The maximum Gasteiger partial charge on any atom is 0.407 e. The highest BCUT2D eigenvalue weighted by Gasteiger charge is 2.30. The summed E-state index contributed by atoms with van der Waals surface area (Å²) in [7, 11) is 0. The van der Waals surface area contributed by atoms with Crippen LogP contribution in [0.25, 0.3) is 11.1 Å². The van der Waals surface area contributed by atoms with E-state index in [1.165, 1.54) is 0 Å². The fraction of sp³-hybridized carbons (Fsp3) is 0.391. The molecule has 7 nitrogen and oxygen atoms in total. The number of carbonyl (C=O) groups excluding carboxylic acids is 1. The van der Waals surface area contributed by atoms with E-state index in [-0.39, 0.29) is 19.1 Å². The molecule has 0 aromatic heterocycles. The number of hydrogen-bond donors (Lipinski definition) is 2. The maximum absolute atomic E-state index is 12.3. The zero-order chi connectivity index (χ0) is 20.9. The number of hydrogen-bond acceptors (Lipinski definition) is 5. The van der Waals surface area contributed by atoms with E-state index in [1.54, 1.807) is 0 Å². The Hall–Kier alpha value is -2.90. The van der Waals surface area contributed by atoms with Gasteiger partial charge in [-0.05, 0) is 41.5 Å². The maximum atomic E-state index is 12.3. The van der Waals surface area contributed by atoms with Crippen LogP contribution in [0, 0.1) is 0 Å². The SMILES string of the molecule is O=C(N[C@@H](CO[C@H]1CCCCO1)C(=O)O)OCC1c2ccccc2-c2ccccc21. The number of rotatable bonds is 7. The third kappa shape index (κ3) is 4.47. The van der Waals surface area contributed by atoms with Gasteiger partial charge in [-0.1, -0.05) is 48.5 Å². The van der Waals surface area contributed by atoms with E-state index in [2.05, 4.69) is 17.4 Å². The number of nitrogens with one attached hydrogen (secondary N) is 1. The number of ether oxygens (including phenoxy) is 3. The second-order valence-electron chi connectivity index (χ2n) is 7.49. The molecule has 4 rings (SSSR count). The lowest BCUT2D eigenvalue weighted by molar-refractivity contribution is -0.171. The molecule has 2 aromatic rings. The molecule has 1 aliphatic heterocycles. The first-order valence-electron chi connectivity index (χ1n) is 10.2. The van der Waals surface area contributed by atoms with Crippen LogP contribution in [-0.4, -0.2) is 49.3 Å². The van der Waals surface area contributed by atoms with E-state index in [0.29, 0.717) is 6.61 Å². The third-order valence-corrected chi connectivity index (χ3v) is 5.52. The minimum absolute atomic E-state index is 0.0849. The van der Waals surface area contributed by atoms with Gasteiger partial charge in [-0.25, -0.2) is 9.59 Å². The minimum atomic E-state index is -1.20. The topological polar surface area (TPSA) is 94.1 Å². The Morgan fingerprint density at radius 1 is 1.07 bits per heavy atom. The standard InChI is InChI=1S/C23H25NO6/c25-22(26)20(14-29-21-11-5-6-12-28-21)24-23(27)30-13-19-17-9-3-1-7-15(17)16-8-2-4-10-18(16)19/h1-4,7-10,19-21H,5-6,11-14H2,(H,24,27)(H,25,26)/t20-,21-/m0/s1. The van der Waals surface area contributed by atoms with Gasteiger partial charge >= 0.3 is 12.1 Å². The molecule has 2 atom stereocenters. The van der Waals surface area contributed by atoms with Gasteiger partial charge in [0.15, 0.2) is 12.3 Å². The van der Waals surface area contributed by atoms with E-state index in [9.17, 15) is 14.7 Å². The summed E-state index contributed by atoms with van der Waals surface area (Å²) in [5.74, 6) is -1.27. The van der Waals surface area contributed by atoms with E-state index >= 15 is 0 Å². The first kappa shape index (κ1) is 20.4. The summed E-state index contributed by atoms with van der Waals surface area (Å²) in [5.41, 5.74) is 4.45. The van der Waals surface area contributed by atoms with Gasteiger partial charge in [0.25, 0.3) is 0 Å². The quantitative estimate of drug-likeness (QED) is 0.724. The van der Waals surface area contributed by atoms with Crippen LogP contribution >= 0.6 is 0 Å². The smallest absolute Gasteiger partial charge is 0.407 e. The van der Waals surface area contributed by atoms with Crippen LogP contribution in [0.15, 0.2) is 48.5 Å². The van der Waals surface area contributed by atoms with Gasteiger partial charge in [0, 0.05) is 12.5 Å². The monoisotopic (exact) mass is 411 g/mol. The van der Waals surface area contributed by atoms with Crippen molar-refractivity contribution in [3.8, 4) is 11.1 Å². The van der Waals surface area contributed by atoms with E-state index in [0.717, 1.165) is 41.5 Å². The molecule has 1 amide bonds. The highest BCUT2D eigenvalue weighted by molar-refractivity contribution is 5.81. The molecule has 7 heteroatoms. The predicted octanol–water partition coefficient (Wildman–Crippen LogP) is 3.52. The molecule has 2 N–H and O–H groups in total. The summed E-state index contributed by atoms with van der Waals surface area (Å²) in [5, 5.41) is 11.8. The molecule has 0 radical (unpaired) electrons. The zero-order valence-electron chi connectivity index (χ0n) is 16.6. The number of aliphatic carboxylic acids is 1. The number of alkyl carbamates (subject to hydrolysis) is 1. The molecule has 158 valence electrons. The Morgan fingerprint density at radius 3 is 2.33 bits per heavy atom. The number of carboxylic acid groups (broad SMARTS) is 1. The van der Waals surface area contributed by atoms with Gasteiger partial charge in [-0.3, -0.25) is 0 Å². The fourth-order valence-corrected chi connectivity index (χ4v) is 4.00. The third-order valence-electron chi connectivity index (χ3n) is 5.52. The average molecular weight is 411 g/mol. The highest BCUT2D eigenvalue weighted by Crippen LogP contribution is 2.44. The Bertz CT molecular complexity index is 863. The molecule has 0 unspecified atom stereocenters. The van der Waals surface area contributed by atoms with Crippen molar-refractivity contribution in [2.75, 3.05) is 19.8 Å². The van der Waals surface area contributed by atoms with Gasteiger partial charge in [0.2, 0.25) is 0 Å². The van der Waals surface area contributed by atoms with Crippen molar-refractivity contribution in [3.63, 3.8) is 0 Å². The van der Waals surface area contributed by atoms with Crippen molar-refractivity contribution in [2.45, 2.75) is 37.5 Å². The van der Waals surface area contributed by atoms with Crippen molar-refractivity contribution in [1.82, 2.24) is 5.32 Å². The Kier molecular flexibility index (Phi) is 6.30. The Labute approximate surface area is 174 Å². The van der Waals surface area contributed by atoms with E-state index in [4.69, 9.17) is 14.2 Å². The summed E-state index contributed by atoms with van der Waals surface area (Å²) >= 11 is 0. The van der Waals surface area contributed by atoms with Crippen molar-refractivity contribution in [3.05, 3.63) is 59.7 Å². The molecule has 0 spiro atoms. The minimum Gasteiger partial charge on any atom is -0.480 e. The zero-order valence-corrected chi connectivity index (χ0v) is 16.6. The van der Waals surface area contributed by atoms with Crippen LogP contribution in [0.4, 0.5) is 4.79 Å². The highest BCUT2D eigenvalue weighted by atomic mass is 16.7. The lowest BCUT2D eigenvalue weighted by Gasteiger charge is -2.24. The predicted molar refractivity (Wildman–Crippen MR) is 109 cm³/mol. The van der Waals surface area contributed by atoms with Crippen LogP contribution in [0.5, 0.6) is 0 Å². The molecule has 0 saturated carbocycles. The van der Waals surface area contributed by atoms with Crippen molar-refractivity contribution in [2.24, 2.45) is 0 Å². The molecule has 1 fully saturated rings. The number of amides is 1. The van der Waals surface area contributed by atoms with Crippen LogP contribution in [0.3, 0.4) is 0 Å². The van der Waals surface area contributed by atoms with E-state index < -0.39 is 24.4 Å². The second kappa shape index (κ2) is 9.28. The molecule has 1 aliphatic carbocycles. The fourth-order valence-electron chi connectivity index (χ4n) is 4.00. The van der Waals surface area contributed by atoms with Gasteiger partial charge in [-0.2, -0.15) is 0 Å². The van der Waals surface area contributed by atoms with Gasteiger partial charge in [0.05, 0.1) is 6.61 Å². The van der Waals surface area contributed by atoms with Crippen LogP contribution in [-0.2, 0) is 19.0 Å². The van der Waals surface area contributed by atoms with Gasteiger partial charge in [0.1, 0.15) is 6.61 Å². The van der Waals surface area contributed by atoms with Gasteiger partial charge in [-0.15, -0.1) is 0 Å². The number of carboxylic acids is 1. The molecule has 0 bridgehead atoms. The Morgan fingerprint density at radius 2 is 1.73 bits per heavy atom. The molecule has 2 aliphatic rings. The Balaban J connectivity index is 1.35. The molecule has 1 saturated heterocycles. The van der Waals surface area contributed by atoms with E-state index in [1.807, 2.05) is 36.4 Å². The molecule has 2 aromatic carbocycles. The molecule has 30 heavy (non-hydrogen) atoms. The average Bonchev–Trinajstić information content (AvgIpc) is 3.09. The van der Waals surface area contributed by atoms with Crippen LogP contribution in [0.2, 0.25) is 0 Å². The first-order chi connectivity index (χ1) is 14.6. The summed E-state index contributed by atoms with van der Waals surface area (Å²) in [6.45, 7) is 0.547. The first-order valence-corrected chi connectivity index (χ1v) is 10.2. The molecular formula is C23H25NO6. The number of fused-ring (bicyclic) bond motifs is 3. The second-order valence-corrected chi connectivity index (χ2v) is 7.49. The van der Waals surface area contributed by atoms with Crippen molar-refractivity contribution < 1.29 is 28.9 Å². The van der Waals surface area contributed by atoms with Crippen molar-refractivity contribution >= 4 is 12.1 Å². The lowest BCUT2D eigenvalue weighted by Crippen LogP contribution is -2.45. The number of benzene rings is 2. The number of carbonyl (C=O) groups is 2. The normalized spacial score (nSPS) is 18.9. The van der Waals surface area contributed by atoms with Gasteiger partial charge < -0.3 is 24.6 Å². The largest absolute Gasteiger partial charge is 0.480 e. The summed E-state index contributed by atoms with van der Waals surface area (Å²) < 4.78 is 16.4. The van der Waals surface area contributed by atoms with Crippen LogP contribution in [0.1, 0.15) is 36.3 Å². The van der Waals surface area contributed by atoms with Crippen molar-refractivity contribution in [1.29, 1.82) is 0 Å². The lowest BCUT2D eigenvalue weighted by atomic mass is 9.98. The summed E-state index contributed by atoms with van der Waals surface area (Å²) in [6.07, 6.45) is 1.46. The van der Waals surface area contributed by atoms with Crippen LogP contribution < -0.4 is 5.32 Å². The summed E-state index contributed by atoms with van der Waals surface area (Å²) in [6, 6.07) is 14.9. The summed E-state index contributed by atoms with van der Waals surface area (Å²) in [4.78, 5) is 23.8.